The third kappa shape index (κ3) is 2.72. The van der Waals surface area contributed by atoms with Crippen LogP contribution in [0.4, 0.5) is 0 Å². The van der Waals surface area contributed by atoms with Crippen LogP contribution < -0.4 is 5.73 Å². The zero-order valence-corrected chi connectivity index (χ0v) is 9.13. The molecule has 1 saturated heterocycles. The zero-order valence-electron chi connectivity index (χ0n) is 9.13. The summed E-state index contributed by atoms with van der Waals surface area (Å²) in [7, 11) is 0. The van der Waals surface area contributed by atoms with Crippen molar-refractivity contribution in [3.05, 3.63) is 36.6 Å². The molecule has 0 aromatic carbocycles. The molecule has 3 N–H and O–H groups in total. The monoisotopic (exact) mass is 205 g/mol. The lowest BCUT2D eigenvalue weighted by Crippen LogP contribution is -2.36. The number of nitrogens with two attached hydrogens (primary N) is 1. The maximum Gasteiger partial charge on any atom is 0.130 e. The van der Waals surface area contributed by atoms with Crippen LogP contribution in [0.25, 0.3) is 0 Å². The second-order valence-electron chi connectivity index (χ2n) is 3.67. The van der Waals surface area contributed by atoms with Gasteiger partial charge in [-0.15, -0.1) is 0 Å². The van der Waals surface area contributed by atoms with Crippen molar-refractivity contribution in [3.63, 3.8) is 0 Å². The van der Waals surface area contributed by atoms with Crippen molar-refractivity contribution in [1.29, 1.82) is 5.41 Å². The molecule has 0 aliphatic carbocycles. The van der Waals surface area contributed by atoms with Gasteiger partial charge in [0, 0.05) is 24.4 Å². The molecule has 0 amide bonds. The van der Waals surface area contributed by atoms with Crippen LogP contribution in [0.1, 0.15) is 19.3 Å². The first-order valence-electron chi connectivity index (χ1n) is 5.29. The van der Waals surface area contributed by atoms with Crippen LogP contribution in [-0.2, 0) is 0 Å². The fourth-order valence-electron chi connectivity index (χ4n) is 1.75. The molecule has 0 bridgehead atoms. The molecule has 0 unspecified atom stereocenters. The van der Waals surface area contributed by atoms with E-state index in [9.17, 15) is 0 Å². The minimum absolute atomic E-state index is 0.474. The van der Waals surface area contributed by atoms with Crippen LogP contribution >= 0.6 is 0 Å². The quantitative estimate of drug-likeness (QED) is 0.421. The molecule has 0 aromatic rings. The number of allylic oxidation sites excluding steroid dienone is 1. The fraction of sp³-hybridized carbons (Fsp3) is 0.417. The first kappa shape index (κ1) is 11.6. The third-order valence-electron chi connectivity index (χ3n) is 2.66. The van der Waals surface area contributed by atoms with Crippen LogP contribution in [-0.4, -0.2) is 23.8 Å². The lowest BCUT2D eigenvalue weighted by molar-refractivity contribution is 0.341. The first-order chi connectivity index (χ1) is 7.20. The molecule has 1 aliphatic heterocycles. The third-order valence-corrected chi connectivity index (χ3v) is 2.66. The van der Waals surface area contributed by atoms with Gasteiger partial charge in [0.15, 0.2) is 0 Å². The van der Waals surface area contributed by atoms with Crippen LogP contribution in [0, 0.1) is 5.41 Å². The van der Waals surface area contributed by atoms with Gasteiger partial charge < -0.3 is 10.6 Å². The van der Waals surface area contributed by atoms with E-state index in [1.54, 1.807) is 12.2 Å². The maximum absolute atomic E-state index is 8.04. The largest absolute Gasteiger partial charge is 0.398 e. The van der Waals surface area contributed by atoms with Crippen LogP contribution in [0.5, 0.6) is 0 Å². The van der Waals surface area contributed by atoms with Crippen LogP contribution in [0.3, 0.4) is 0 Å². The maximum atomic E-state index is 8.04. The van der Waals surface area contributed by atoms with Crippen LogP contribution in [0.15, 0.2) is 36.6 Å². The van der Waals surface area contributed by atoms with E-state index >= 15 is 0 Å². The highest BCUT2D eigenvalue weighted by atomic mass is 15.2. The molecule has 1 fully saturated rings. The highest BCUT2D eigenvalue weighted by Gasteiger charge is 2.16. The van der Waals surface area contributed by atoms with Crippen LogP contribution in [0.2, 0.25) is 0 Å². The molecular weight excluding hydrogens is 186 g/mol. The van der Waals surface area contributed by atoms with Gasteiger partial charge in [0.25, 0.3) is 0 Å². The number of piperidine rings is 1. The summed E-state index contributed by atoms with van der Waals surface area (Å²) in [5, 5.41) is 8.04. The summed E-state index contributed by atoms with van der Waals surface area (Å²) in [4.78, 5) is 2.05. The van der Waals surface area contributed by atoms with E-state index in [0.717, 1.165) is 25.9 Å². The van der Waals surface area contributed by atoms with Gasteiger partial charge in [-0.25, -0.2) is 0 Å². The lowest BCUT2D eigenvalue weighted by Gasteiger charge is -2.29. The number of hydrogen-bond donors (Lipinski definition) is 2. The standard InChI is InChI=1S/C12H19N3/c1-3-10(11(13)4-2)12(14)15-8-6-5-7-9-15/h3-4,14H,1-2,5-9,13H2/b11-10-,14-12?. The van der Waals surface area contributed by atoms with Crippen molar-refractivity contribution in [1.82, 2.24) is 4.90 Å². The Morgan fingerprint density at radius 2 is 1.73 bits per heavy atom. The minimum atomic E-state index is 0.474. The van der Waals surface area contributed by atoms with E-state index < -0.39 is 0 Å². The highest BCUT2D eigenvalue weighted by molar-refractivity contribution is 5.99. The Morgan fingerprint density at radius 1 is 1.13 bits per heavy atom. The van der Waals surface area contributed by atoms with Crippen molar-refractivity contribution in [2.24, 2.45) is 5.73 Å². The van der Waals surface area contributed by atoms with Gasteiger partial charge in [-0.1, -0.05) is 19.2 Å². The average Bonchev–Trinajstić information content (AvgIpc) is 2.30. The molecular formula is C12H19N3. The molecule has 0 saturated carbocycles. The Balaban J connectivity index is 2.80. The first-order valence-corrected chi connectivity index (χ1v) is 5.29. The number of amidine groups is 1. The average molecular weight is 205 g/mol. The zero-order chi connectivity index (χ0) is 11.3. The van der Waals surface area contributed by atoms with Crippen molar-refractivity contribution < 1.29 is 0 Å². The Labute approximate surface area is 91.5 Å². The molecule has 3 nitrogen and oxygen atoms in total. The second-order valence-corrected chi connectivity index (χ2v) is 3.67. The summed E-state index contributed by atoms with van der Waals surface area (Å²) in [5.41, 5.74) is 6.97. The van der Waals surface area contributed by atoms with Crippen molar-refractivity contribution >= 4 is 5.84 Å². The topological polar surface area (TPSA) is 53.1 Å². The van der Waals surface area contributed by atoms with E-state index in [1.807, 2.05) is 0 Å². The Bertz CT molecular complexity index is 296. The van der Waals surface area contributed by atoms with Gasteiger partial charge in [-0.2, -0.15) is 0 Å². The number of nitrogens with zero attached hydrogens (tertiary/aromatic N) is 1. The summed E-state index contributed by atoms with van der Waals surface area (Å²) in [6.07, 6.45) is 6.76. The summed E-state index contributed by atoms with van der Waals surface area (Å²) < 4.78 is 0. The second kappa shape index (κ2) is 5.39. The predicted octanol–water partition coefficient (Wildman–Crippen LogP) is 2.03. The predicted molar refractivity (Wildman–Crippen MR) is 64.8 cm³/mol. The molecule has 0 radical (unpaired) electrons. The van der Waals surface area contributed by atoms with Crippen molar-refractivity contribution in [2.75, 3.05) is 13.1 Å². The van der Waals surface area contributed by atoms with Crippen molar-refractivity contribution in [3.8, 4) is 0 Å². The highest BCUT2D eigenvalue weighted by Crippen LogP contribution is 2.14. The Kier molecular flexibility index (Phi) is 4.16. The van der Waals surface area contributed by atoms with E-state index in [0.29, 0.717) is 17.1 Å². The van der Waals surface area contributed by atoms with E-state index in [1.165, 1.54) is 6.42 Å². The summed E-state index contributed by atoms with van der Waals surface area (Å²) in [6, 6.07) is 0. The number of hydrogen-bond acceptors (Lipinski definition) is 2. The number of nitrogens with one attached hydrogen (secondary N) is 1. The number of likely N-dealkylation sites (tertiary alicyclic amines) is 1. The van der Waals surface area contributed by atoms with Crippen molar-refractivity contribution in [2.45, 2.75) is 19.3 Å². The molecule has 1 heterocycles. The van der Waals surface area contributed by atoms with Gasteiger partial charge >= 0.3 is 0 Å². The van der Waals surface area contributed by atoms with E-state index in [2.05, 4.69) is 18.1 Å². The molecule has 0 spiro atoms. The Morgan fingerprint density at radius 3 is 2.20 bits per heavy atom. The molecule has 0 aromatic heterocycles. The van der Waals surface area contributed by atoms with Gasteiger partial charge in [0.2, 0.25) is 0 Å². The van der Waals surface area contributed by atoms with Gasteiger partial charge in [0.1, 0.15) is 5.84 Å². The molecule has 1 rings (SSSR count). The lowest BCUT2D eigenvalue weighted by atomic mass is 10.1. The number of rotatable bonds is 3. The Hall–Kier alpha value is -1.51. The van der Waals surface area contributed by atoms with Gasteiger partial charge in [-0.05, 0) is 25.3 Å². The van der Waals surface area contributed by atoms with E-state index in [-0.39, 0.29) is 0 Å². The summed E-state index contributed by atoms with van der Waals surface area (Å²) in [5.74, 6) is 0.474. The smallest absolute Gasteiger partial charge is 0.130 e. The summed E-state index contributed by atoms with van der Waals surface area (Å²) >= 11 is 0. The summed E-state index contributed by atoms with van der Waals surface area (Å²) in [6.45, 7) is 9.19. The van der Waals surface area contributed by atoms with Gasteiger partial charge in [-0.3, -0.25) is 5.41 Å². The normalized spacial score (nSPS) is 18.0. The molecule has 1 aliphatic rings. The molecule has 3 heteroatoms. The molecule has 15 heavy (non-hydrogen) atoms. The molecule has 0 atom stereocenters. The van der Waals surface area contributed by atoms with E-state index in [4.69, 9.17) is 11.1 Å². The molecule has 82 valence electrons. The SMILES string of the molecule is C=C/C(N)=C(\C=C)C(=N)N1CCCCC1. The fourth-order valence-corrected chi connectivity index (χ4v) is 1.75. The minimum Gasteiger partial charge on any atom is -0.398 e. The van der Waals surface area contributed by atoms with Gasteiger partial charge in [0.05, 0.1) is 0 Å².